The number of rotatable bonds is 5. The van der Waals surface area contributed by atoms with E-state index in [9.17, 15) is 0 Å². The van der Waals surface area contributed by atoms with Crippen molar-refractivity contribution in [1.29, 1.82) is 0 Å². The first-order chi connectivity index (χ1) is 11.2. The first kappa shape index (κ1) is 16.7. The number of aromatic nitrogens is 1. The average molecular weight is 382 g/mol. The maximum Gasteiger partial charge on any atom is 0.140 e. The number of hydrogen-bond donors (Lipinski definition) is 0. The van der Waals surface area contributed by atoms with Crippen LogP contribution in [0.25, 0.3) is 11.3 Å². The van der Waals surface area contributed by atoms with Gasteiger partial charge in [0.1, 0.15) is 17.4 Å². The van der Waals surface area contributed by atoms with Crippen molar-refractivity contribution in [3.63, 3.8) is 0 Å². The minimum Gasteiger partial charge on any atom is -0.486 e. The van der Waals surface area contributed by atoms with Crippen molar-refractivity contribution in [2.45, 2.75) is 11.5 Å². The second-order valence-electron chi connectivity index (χ2n) is 4.71. The van der Waals surface area contributed by atoms with Crippen molar-refractivity contribution >= 4 is 46.3 Å². The molecule has 0 saturated heterocycles. The fraction of sp³-hybridized carbons (Fsp3) is 0.118. The van der Waals surface area contributed by atoms with Crippen molar-refractivity contribution in [2.24, 2.45) is 0 Å². The Morgan fingerprint density at radius 1 is 1.13 bits per heavy atom. The van der Waals surface area contributed by atoms with E-state index in [0.717, 1.165) is 22.0 Å². The summed E-state index contributed by atoms with van der Waals surface area (Å²) in [5.41, 5.74) is 1.72. The van der Waals surface area contributed by atoms with Crippen LogP contribution in [0.15, 0.2) is 52.7 Å². The van der Waals surface area contributed by atoms with Crippen LogP contribution in [0.3, 0.4) is 0 Å². The van der Waals surface area contributed by atoms with E-state index >= 15 is 0 Å². The summed E-state index contributed by atoms with van der Waals surface area (Å²) < 4.78 is 5.77. The van der Waals surface area contributed by atoms with Crippen LogP contribution in [0.5, 0.6) is 5.75 Å². The molecule has 6 heteroatoms. The molecule has 0 unspecified atom stereocenters. The van der Waals surface area contributed by atoms with Gasteiger partial charge < -0.3 is 4.74 Å². The number of ether oxygens (including phenoxy) is 1. The average Bonchev–Trinajstić information content (AvgIpc) is 3.02. The second-order valence-corrected chi connectivity index (χ2v) is 7.38. The van der Waals surface area contributed by atoms with Crippen molar-refractivity contribution in [3.05, 3.63) is 62.9 Å². The van der Waals surface area contributed by atoms with Gasteiger partial charge in [-0.2, -0.15) is 0 Å². The highest BCUT2D eigenvalue weighted by molar-refractivity contribution is 7.98. The summed E-state index contributed by atoms with van der Waals surface area (Å²) in [6.45, 7) is 0.439. The van der Waals surface area contributed by atoms with Crippen molar-refractivity contribution in [3.8, 4) is 17.0 Å². The van der Waals surface area contributed by atoms with Crippen LogP contribution in [0.2, 0.25) is 10.0 Å². The van der Waals surface area contributed by atoms with Crippen molar-refractivity contribution < 1.29 is 4.74 Å². The summed E-state index contributed by atoms with van der Waals surface area (Å²) in [4.78, 5) is 5.80. The molecule has 0 saturated carbocycles. The van der Waals surface area contributed by atoms with Gasteiger partial charge in [0, 0.05) is 20.9 Å². The lowest BCUT2D eigenvalue weighted by Gasteiger charge is -2.04. The van der Waals surface area contributed by atoms with Crippen molar-refractivity contribution in [2.75, 3.05) is 6.26 Å². The van der Waals surface area contributed by atoms with E-state index < -0.39 is 0 Å². The number of halogens is 2. The van der Waals surface area contributed by atoms with E-state index in [4.69, 9.17) is 27.9 Å². The van der Waals surface area contributed by atoms with Crippen LogP contribution in [0.4, 0.5) is 0 Å². The molecule has 1 aromatic heterocycles. The normalized spacial score (nSPS) is 10.7. The molecule has 0 N–H and O–H groups in total. The lowest BCUT2D eigenvalue weighted by Crippen LogP contribution is -1.94. The van der Waals surface area contributed by atoms with Crippen LogP contribution in [0, 0.1) is 0 Å². The molecule has 118 valence electrons. The summed E-state index contributed by atoms with van der Waals surface area (Å²) in [6, 6.07) is 13.4. The van der Waals surface area contributed by atoms with Crippen LogP contribution >= 0.6 is 46.3 Å². The van der Waals surface area contributed by atoms with Crippen LogP contribution < -0.4 is 4.74 Å². The molecule has 23 heavy (non-hydrogen) atoms. The summed E-state index contributed by atoms with van der Waals surface area (Å²) in [7, 11) is 0. The summed E-state index contributed by atoms with van der Waals surface area (Å²) in [5, 5.41) is 4.10. The van der Waals surface area contributed by atoms with Crippen LogP contribution in [0.1, 0.15) is 5.01 Å². The van der Waals surface area contributed by atoms with Gasteiger partial charge >= 0.3 is 0 Å². The molecule has 3 rings (SSSR count). The molecule has 0 amide bonds. The topological polar surface area (TPSA) is 22.1 Å². The zero-order valence-corrected chi connectivity index (χ0v) is 15.4. The van der Waals surface area contributed by atoms with E-state index in [2.05, 4.69) is 11.2 Å². The molecule has 2 aromatic carbocycles. The molecular weight excluding hydrogens is 369 g/mol. The molecule has 0 bridgehead atoms. The van der Waals surface area contributed by atoms with Gasteiger partial charge in [-0.15, -0.1) is 23.1 Å². The van der Waals surface area contributed by atoms with Gasteiger partial charge in [0.25, 0.3) is 0 Å². The third-order valence-corrected chi connectivity index (χ3v) is 5.29. The van der Waals surface area contributed by atoms with Gasteiger partial charge in [-0.1, -0.05) is 23.2 Å². The molecule has 0 aliphatic heterocycles. The summed E-state index contributed by atoms with van der Waals surface area (Å²) >= 11 is 15.4. The number of nitrogens with zero attached hydrogens (tertiary/aromatic N) is 1. The Hall–Kier alpha value is -1.20. The standard InChI is InChI=1S/C17H13Cl2NOS2/c1-22-13-5-3-12(4-6-13)21-9-17-20-16(10-23-17)14-7-2-11(18)8-15(14)19/h2-8,10H,9H2,1H3. The zero-order chi connectivity index (χ0) is 16.2. The Labute approximate surface area is 153 Å². The zero-order valence-electron chi connectivity index (χ0n) is 12.3. The van der Waals surface area contributed by atoms with Crippen LogP contribution in [-0.4, -0.2) is 11.2 Å². The molecule has 0 fully saturated rings. The van der Waals surface area contributed by atoms with Crippen LogP contribution in [-0.2, 0) is 6.61 Å². The quantitative estimate of drug-likeness (QED) is 0.476. The molecular formula is C17H13Cl2NOS2. The van der Waals surface area contributed by atoms with Gasteiger partial charge in [-0.25, -0.2) is 4.98 Å². The largest absolute Gasteiger partial charge is 0.486 e. The Bertz CT molecular complexity index is 803. The van der Waals surface area contributed by atoms with E-state index in [0.29, 0.717) is 16.7 Å². The predicted molar refractivity (Wildman–Crippen MR) is 100 cm³/mol. The molecule has 1 heterocycles. The molecule has 2 nitrogen and oxygen atoms in total. The van der Waals surface area contributed by atoms with E-state index in [1.54, 1.807) is 29.2 Å². The lowest BCUT2D eigenvalue weighted by molar-refractivity contribution is 0.305. The van der Waals surface area contributed by atoms with E-state index in [1.807, 2.05) is 41.8 Å². The Morgan fingerprint density at radius 3 is 2.61 bits per heavy atom. The Morgan fingerprint density at radius 2 is 1.91 bits per heavy atom. The van der Waals surface area contributed by atoms with E-state index in [1.165, 1.54) is 4.90 Å². The highest BCUT2D eigenvalue weighted by Gasteiger charge is 2.09. The molecule has 0 aliphatic carbocycles. The lowest BCUT2D eigenvalue weighted by atomic mass is 10.2. The predicted octanol–water partition coefficient (Wildman–Crippen LogP) is 6.42. The minimum atomic E-state index is 0.439. The number of benzene rings is 2. The fourth-order valence-corrected chi connectivity index (χ4v) is 3.63. The molecule has 0 radical (unpaired) electrons. The SMILES string of the molecule is CSc1ccc(OCc2nc(-c3ccc(Cl)cc3Cl)cs2)cc1. The molecule has 0 aliphatic rings. The first-order valence-corrected chi connectivity index (χ1v) is 9.68. The third kappa shape index (κ3) is 4.21. The minimum absolute atomic E-state index is 0.439. The smallest absolute Gasteiger partial charge is 0.140 e. The number of hydrogen-bond acceptors (Lipinski definition) is 4. The maximum absolute atomic E-state index is 6.22. The monoisotopic (exact) mass is 381 g/mol. The van der Waals surface area contributed by atoms with Gasteiger partial charge in [0.2, 0.25) is 0 Å². The maximum atomic E-state index is 6.22. The highest BCUT2D eigenvalue weighted by Crippen LogP contribution is 2.31. The summed E-state index contributed by atoms with van der Waals surface area (Å²) in [6.07, 6.45) is 2.05. The molecule has 0 atom stereocenters. The van der Waals surface area contributed by atoms with Gasteiger partial charge in [0.15, 0.2) is 0 Å². The third-order valence-electron chi connectivity index (χ3n) is 3.18. The van der Waals surface area contributed by atoms with Gasteiger partial charge in [-0.3, -0.25) is 0 Å². The highest BCUT2D eigenvalue weighted by atomic mass is 35.5. The first-order valence-electron chi connectivity index (χ1n) is 6.82. The number of thiazole rings is 1. The summed E-state index contributed by atoms with van der Waals surface area (Å²) in [5.74, 6) is 0.837. The molecule has 3 aromatic rings. The van der Waals surface area contributed by atoms with Gasteiger partial charge in [0.05, 0.1) is 10.7 Å². The van der Waals surface area contributed by atoms with E-state index in [-0.39, 0.29) is 0 Å². The Balaban J connectivity index is 1.69. The Kier molecular flexibility index (Phi) is 5.49. The fourth-order valence-electron chi connectivity index (χ4n) is 2.02. The van der Waals surface area contributed by atoms with Crippen molar-refractivity contribution in [1.82, 2.24) is 4.98 Å². The number of thioether (sulfide) groups is 1. The second kappa shape index (κ2) is 7.58. The molecule has 0 spiro atoms. The van der Waals surface area contributed by atoms with Gasteiger partial charge in [-0.05, 0) is 48.7 Å².